The van der Waals surface area contributed by atoms with E-state index >= 15 is 0 Å². The maximum Gasteiger partial charge on any atom is 0.236 e. The van der Waals surface area contributed by atoms with E-state index in [0.717, 1.165) is 55.1 Å². The van der Waals surface area contributed by atoms with E-state index in [9.17, 15) is 9.59 Å². The molecule has 1 aliphatic carbocycles. The van der Waals surface area contributed by atoms with E-state index in [1.807, 2.05) is 9.80 Å². The third-order valence-electron chi connectivity index (χ3n) is 6.14. The maximum absolute atomic E-state index is 12.7. The molecule has 4 heterocycles. The Hall–Kier alpha value is -2.26. The molecule has 0 bridgehead atoms. The lowest BCUT2D eigenvalue weighted by Crippen LogP contribution is -2.55. The van der Waals surface area contributed by atoms with Crippen LogP contribution >= 0.6 is 11.3 Å². The van der Waals surface area contributed by atoms with Gasteiger partial charge in [0.05, 0.1) is 11.9 Å². The van der Waals surface area contributed by atoms with Crippen LogP contribution in [0.5, 0.6) is 0 Å². The summed E-state index contributed by atoms with van der Waals surface area (Å²) in [6.07, 6.45) is 3.71. The fraction of sp³-hybridized carbons (Fsp3) is 0.600. The van der Waals surface area contributed by atoms with Gasteiger partial charge in [0.15, 0.2) is 0 Å². The number of thiophene rings is 1. The first-order valence-electron chi connectivity index (χ1n) is 10.4. The second kappa shape index (κ2) is 7.87. The topological polar surface area (TPSA) is 72.9 Å². The van der Waals surface area contributed by atoms with Crippen molar-refractivity contribution in [2.24, 2.45) is 5.92 Å². The van der Waals surface area contributed by atoms with Crippen LogP contribution < -0.4 is 4.90 Å². The van der Waals surface area contributed by atoms with Crippen molar-refractivity contribution in [1.29, 1.82) is 0 Å². The minimum absolute atomic E-state index is 0.180. The molecule has 0 N–H and O–H groups in total. The average molecular weight is 415 g/mol. The Labute approximate surface area is 174 Å². The van der Waals surface area contributed by atoms with Crippen LogP contribution in [0, 0.1) is 5.92 Å². The van der Waals surface area contributed by atoms with E-state index in [1.165, 1.54) is 0 Å². The van der Waals surface area contributed by atoms with Crippen LogP contribution in [-0.4, -0.2) is 95.4 Å². The van der Waals surface area contributed by atoms with Gasteiger partial charge in [-0.15, -0.1) is 11.3 Å². The number of amides is 2. The first kappa shape index (κ1) is 18.7. The number of carbonyl (C=O) groups excluding carboxylic acids is 2. The van der Waals surface area contributed by atoms with Crippen molar-refractivity contribution in [2.45, 2.75) is 12.8 Å². The van der Waals surface area contributed by atoms with E-state index in [2.05, 4.69) is 31.2 Å². The molecule has 2 aromatic rings. The highest BCUT2D eigenvalue weighted by Gasteiger charge is 2.35. The van der Waals surface area contributed by atoms with Gasteiger partial charge in [0.1, 0.15) is 17.0 Å². The smallest absolute Gasteiger partial charge is 0.236 e. The van der Waals surface area contributed by atoms with E-state index in [0.29, 0.717) is 32.7 Å². The molecule has 0 unspecified atom stereocenters. The van der Waals surface area contributed by atoms with Crippen LogP contribution in [0.1, 0.15) is 12.8 Å². The number of hydrogen-bond acceptors (Lipinski definition) is 7. The molecule has 29 heavy (non-hydrogen) atoms. The lowest BCUT2D eigenvalue weighted by Gasteiger charge is -2.38. The summed E-state index contributed by atoms with van der Waals surface area (Å²) in [5, 5.41) is 3.16. The van der Waals surface area contributed by atoms with Gasteiger partial charge in [-0.2, -0.15) is 0 Å². The molecule has 0 aromatic carbocycles. The molecular weight excluding hydrogens is 388 g/mol. The summed E-state index contributed by atoms with van der Waals surface area (Å²) in [6, 6.07) is 2.08. The monoisotopic (exact) mass is 414 g/mol. The van der Waals surface area contributed by atoms with Crippen molar-refractivity contribution in [3.63, 3.8) is 0 Å². The van der Waals surface area contributed by atoms with Crippen LogP contribution in [0.25, 0.3) is 10.2 Å². The van der Waals surface area contributed by atoms with Gasteiger partial charge in [-0.3, -0.25) is 14.5 Å². The molecule has 0 atom stereocenters. The fourth-order valence-corrected chi connectivity index (χ4v) is 4.93. The van der Waals surface area contributed by atoms with Crippen molar-refractivity contribution >= 4 is 39.2 Å². The predicted octanol–water partition coefficient (Wildman–Crippen LogP) is 0.894. The molecule has 2 aromatic heterocycles. The number of nitrogens with zero attached hydrogens (tertiary/aromatic N) is 6. The van der Waals surface area contributed by atoms with Crippen molar-refractivity contribution in [3.05, 3.63) is 17.8 Å². The molecule has 9 heteroatoms. The molecule has 1 saturated carbocycles. The minimum Gasteiger partial charge on any atom is -0.353 e. The van der Waals surface area contributed by atoms with Crippen LogP contribution in [0.2, 0.25) is 0 Å². The first-order chi connectivity index (χ1) is 14.2. The number of piperazine rings is 2. The summed E-state index contributed by atoms with van der Waals surface area (Å²) in [4.78, 5) is 43.1. The van der Waals surface area contributed by atoms with Crippen LogP contribution in [0.15, 0.2) is 17.8 Å². The SMILES string of the molecule is O=C(CN1CCN(c2ncnc3sccc23)CC1)N1CCN(C(=O)C2CC2)CC1. The number of fused-ring (bicyclic) bond motifs is 1. The summed E-state index contributed by atoms with van der Waals surface area (Å²) in [5.41, 5.74) is 0. The molecule has 154 valence electrons. The Morgan fingerprint density at radius 3 is 2.41 bits per heavy atom. The molecule has 2 amide bonds. The van der Waals surface area contributed by atoms with Crippen molar-refractivity contribution in [3.8, 4) is 0 Å². The standard InChI is InChI=1S/C20H26N6O2S/c27-17(24-8-10-26(11-9-24)20(28)15-1-2-15)13-23-4-6-25(7-5-23)18-16-3-12-29-19(16)22-14-21-18/h3,12,14-15H,1-2,4-11,13H2. The number of carbonyl (C=O) groups is 2. The molecule has 3 aliphatic rings. The number of hydrogen-bond donors (Lipinski definition) is 0. The molecule has 2 aliphatic heterocycles. The number of rotatable bonds is 4. The Balaban J connectivity index is 1.11. The zero-order valence-corrected chi connectivity index (χ0v) is 17.3. The van der Waals surface area contributed by atoms with E-state index in [4.69, 9.17) is 0 Å². The summed E-state index contributed by atoms with van der Waals surface area (Å²) < 4.78 is 0. The van der Waals surface area contributed by atoms with Crippen LogP contribution in [-0.2, 0) is 9.59 Å². The van der Waals surface area contributed by atoms with Gasteiger partial charge >= 0.3 is 0 Å². The van der Waals surface area contributed by atoms with Crippen molar-refractivity contribution in [2.75, 3.05) is 63.8 Å². The van der Waals surface area contributed by atoms with Gasteiger partial charge in [-0.25, -0.2) is 9.97 Å². The third-order valence-corrected chi connectivity index (χ3v) is 6.96. The van der Waals surface area contributed by atoms with Gasteiger partial charge in [0.2, 0.25) is 11.8 Å². The first-order valence-corrected chi connectivity index (χ1v) is 11.3. The Morgan fingerprint density at radius 1 is 0.966 bits per heavy atom. The summed E-state index contributed by atoms with van der Waals surface area (Å²) >= 11 is 1.63. The molecule has 0 radical (unpaired) electrons. The highest BCUT2D eigenvalue weighted by molar-refractivity contribution is 7.16. The zero-order chi connectivity index (χ0) is 19.8. The Kier molecular flexibility index (Phi) is 5.09. The third kappa shape index (κ3) is 3.93. The normalized spacial score (nSPS) is 21.0. The number of aromatic nitrogens is 2. The van der Waals surface area contributed by atoms with E-state index in [-0.39, 0.29) is 17.7 Å². The summed E-state index contributed by atoms with van der Waals surface area (Å²) in [5.74, 6) is 1.73. The highest BCUT2D eigenvalue weighted by Crippen LogP contribution is 2.31. The van der Waals surface area contributed by atoms with E-state index in [1.54, 1.807) is 17.7 Å². The maximum atomic E-state index is 12.7. The zero-order valence-electron chi connectivity index (χ0n) is 16.5. The summed E-state index contributed by atoms with van der Waals surface area (Å²) in [6.45, 7) is 6.56. The Morgan fingerprint density at radius 2 is 1.69 bits per heavy atom. The van der Waals surface area contributed by atoms with Gasteiger partial charge in [-0.05, 0) is 24.3 Å². The van der Waals surface area contributed by atoms with Crippen molar-refractivity contribution < 1.29 is 9.59 Å². The lowest BCUT2D eigenvalue weighted by molar-refractivity contribution is -0.140. The molecule has 2 saturated heterocycles. The van der Waals surface area contributed by atoms with Gasteiger partial charge < -0.3 is 14.7 Å². The molecule has 3 fully saturated rings. The van der Waals surface area contributed by atoms with Crippen LogP contribution in [0.4, 0.5) is 5.82 Å². The molecular formula is C20H26N6O2S. The summed E-state index contributed by atoms with van der Waals surface area (Å²) in [7, 11) is 0. The van der Waals surface area contributed by atoms with Gasteiger partial charge in [0.25, 0.3) is 0 Å². The lowest BCUT2D eigenvalue weighted by atomic mass is 10.2. The highest BCUT2D eigenvalue weighted by atomic mass is 32.1. The second-order valence-corrected chi connectivity index (χ2v) is 8.97. The Bertz CT molecular complexity index is 897. The van der Waals surface area contributed by atoms with Crippen molar-refractivity contribution in [1.82, 2.24) is 24.7 Å². The van der Waals surface area contributed by atoms with E-state index < -0.39 is 0 Å². The fourth-order valence-electron chi connectivity index (χ4n) is 4.20. The van der Waals surface area contributed by atoms with Gasteiger partial charge in [-0.1, -0.05) is 0 Å². The minimum atomic E-state index is 0.180. The molecule has 5 rings (SSSR count). The quantitative estimate of drug-likeness (QED) is 0.740. The largest absolute Gasteiger partial charge is 0.353 e. The van der Waals surface area contributed by atoms with Crippen LogP contribution in [0.3, 0.4) is 0 Å². The van der Waals surface area contributed by atoms with Gasteiger partial charge in [0, 0.05) is 58.3 Å². The second-order valence-electron chi connectivity index (χ2n) is 8.08. The average Bonchev–Trinajstić information content (AvgIpc) is 3.50. The molecule has 8 nitrogen and oxygen atoms in total. The number of anilines is 1. The molecule has 0 spiro atoms. The predicted molar refractivity (Wildman–Crippen MR) is 112 cm³/mol.